The van der Waals surface area contributed by atoms with Crippen LogP contribution < -0.4 is 10.6 Å². The molecule has 0 radical (unpaired) electrons. The largest absolute Gasteiger partial charge is 0.393 e. The summed E-state index contributed by atoms with van der Waals surface area (Å²) in [5.74, 6) is 1.86. The number of anilines is 1. The molecule has 1 saturated carbocycles. The number of aromatic nitrogens is 2. The number of aryl methyl sites for hydroxylation is 2. The monoisotopic (exact) mass is 264 g/mol. The van der Waals surface area contributed by atoms with Crippen LogP contribution in [0.2, 0.25) is 0 Å². The summed E-state index contributed by atoms with van der Waals surface area (Å²) in [5, 5.41) is 0. The third-order valence-electron chi connectivity index (χ3n) is 3.12. The maximum Gasteiger partial charge on any atom is 0.132 e. The van der Waals surface area contributed by atoms with Crippen LogP contribution in [0, 0.1) is 6.92 Å². The zero-order valence-corrected chi connectivity index (χ0v) is 11.8. The Kier molecular flexibility index (Phi) is 4.11. The minimum atomic E-state index is 0.571. The molecule has 2 N–H and O–H groups in total. The predicted octanol–water partition coefficient (Wildman–Crippen LogP) is 1.99. The van der Waals surface area contributed by atoms with Gasteiger partial charge in [-0.2, -0.15) is 0 Å². The van der Waals surface area contributed by atoms with Crippen LogP contribution in [0.3, 0.4) is 0 Å². The second kappa shape index (κ2) is 5.61. The van der Waals surface area contributed by atoms with Crippen LogP contribution in [0.4, 0.5) is 5.82 Å². The number of rotatable bonds is 6. The van der Waals surface area contributed by atoms with Crippen molar-refractivity contribution in [1.29, 1.82) is 0 Å². The van der Waals surface area contributed by atoms with Crippen molar-refractivity contribution in [3.8, 4) is 0 Å². The number of thiocarbonyl (C=S) groups is 1. The second-order valence-electron chi connectivity index (χ2n) is 4.76. The van der Waals surface area contributed by atoms with Crippen molar-refractivity contribution in [3.05, 3.63) is 17.6 Å². The Morgan fingerprint density at radius 1 is 1.50 bits per heavy atom. The summed E-state index contributed by atoms with van der Waals surface area (Å²) in [7, 11) is 0. The fraction of sp³-hybridized carbons (Fsp3) is 0.615. The minimum Gasteiger partial charge on any atom is -0.393 e. The molecule has 5 heteroatoms. The maximum atomic E-state index is 5.60. The number of nitrogens with two attached hydrogens (primary N) is 1. The molecule has 1 fully saturated rings. The average Bonchev–Trinajstić information content (AvgIpc) is 3.12. The van der Waals surface area contributed by atoms with Crippen molar-refractivity contribution in [2.75, 3.05) is 11.4 Å². The van der Waals surface area contributed by atoms with Gasteiger partial charge in [0.1, 0.15) is 11.6 Å². The van der Waals surface area contributed by atoms with Crippen LogP contribution >= 0.6 is 12.2 Å². The van der Waals surface area contributed by atoms with E-state index in [4.69, 9.17) is 18.0 Å². The second-order valence-corrected chi connectivity index (χ2v) is 5.28. The summed E-state index contributed by atoms with van der Waals surface area (Å²) in [5.41, 5.74) is 6.69. The van der Waals surface area contributed by atoms with Gasteiger partial charge in [-0.25, -0.2) is 9.97 Å². The highest BCUT2D eigenvalue weighted by Crippen LogP contribution is 2.31. The van der Waals surface area contributed by atoms with Crippen molar-refractivity contribution in [2.24, 2.45) is 5.73 Å². The van der Waals surface area contributed by atoms with E-state index < -0.39 is 0 Å². The molecule has 2 rings (SSSR count). The van der Waals surface area contributed by atoms with E-state index in [2.05, 4.69) is 27.9 Å². The van der Waals surface area contributed by atoms with E-state index >= 15 is 0 Å². The molecule has 0 aliphatic heterocycles. The van der Waals surface area contributed by atoms with Gasteiger partial charge in [0.05, 0.1) is 4.99 Å². The first-order valence-corrected chi connectivity index (χ1v) is 6.90. The summed E-state index contributed by atoms with van der Waals surface area (Å²) >= 11 is 4.96. The molecule has 0 saturated heterocycles. The topological polar surface area (TPSA) is 55.0 Å². The molecule has 0 unspecified atom stereocenters. The molecule has 0 spiro atoms. The summed E-state index contributed by atoms with van der Waals surface area (Å²) in [6.07, 6.45) is 4.16. The first kappa shape index (κ1) is 13.2. The predicted molar refractivity (Wildman–Crippen MR) is 77.9 cm³/mol. The minimum absolute atomic E-state index is 0.571. The van der Waals surface area contributed by atoms with Crippen molar-refractivity contribution >= 4 is 23.0 Å². The van der Waals surface area contributed by atoms with Crippen molar-refractivity contribution in [3.63, 3.8) is 0 Å². The molecule has 1 aromatic rings. The van der Waals surface area contributed by atoms with Crippen LogP contribution in [-0.4, -0.2) is 27.5 Å². The molecule has 1 aromatic heterocycles. The molecule has 18 heavy (non-hydrogen) atoms. The van der Waals surface area contributed by atoms with Crippen molar-refractivity contribution in [1.82, 2.24) is 9.97 Å². The lowest BCUT2D eigenvalue weighted by atomic mass is 10.3. The first-order chi connectivity index (χ1) is 8.60. The van der Waals surface area contributed by atoms with Gasteiger partial charge in [-0.15, -0.1) is 0 Å². The fourth-order valence-corrected chi connectivity index (χ4v) is 2.13. The molecule has 4 nitrogen and oxygen atoms in total. The highest BCUT2D eigenvalue weighted by Gasteiger charge is 2.30. The first-order valence-electron chi connectivity index (χ1n) is 6.49. The molecule has 0 bridgehead atoms. The Labute approximate surface area is 114 Å². The molecular weight excluding hydrogens is 244 g/mol. The molecule has 0 atom stereocenters. The van der Waals surface area contributed by atoms with Crippen LogP contribution in [0.25, 0.3) is 0 Å². The van der Waals surface area contributed by atoms with E-state index in [1.54, 1.807) is 0 Å². The third-order valence-corrected chi connectivity index (χ3v) is 3.32. The fourth-order valence-electron chi connectivity index (χ4n) is 2.04. The molecular formula is C13H20N4S. The van der Waals surface area contributed by atoms with Crippen LogP contribution in [0.5, 0.6) is 0 Å². The van der Waals surface area contributed by atoms with Gasteiger partial charge in [-0.1, -0.05) is 19.1 Å². The third kappa shape index (κ3) is 3.38. The van der Waals surface area contributed by atoms with Gasteiger partial charge in [0.15, 0.2) is 0 Å². The molecule has 1 aliphatic carbocycles. The number of hydrogen-bond donors (Lipinski definition) is 1. The molecule has 1 aliphatic rings. The van der Waals surface area contributed by atoms with Crippen molar-refractivity contribution in [2.45, 2.75) is 45.6 Å². The van der Waals surface area contributed by atoms with Gasteiger partial charge < -0.3 is 10.6 Å². The molecule has 1 heterocycles. The van der Waals surface area contributed by atoms with Crippen LogP contribution in [0.1, 0.15) is 37.7 Å². The highest BCUT2D eigenvalue weighted by atomic mass is 32.1. The number of nitrogens with zero attached hydrogens (tertiary/aromatic N) is 3. The maximum absolute atomic E-state index is 5.60. The Morgan fingerprint density at radius 2 is 2.22 bits per heavy atom. The standard InChI is InChI=1S/C13H20N4S/c1-3-10-8-13(16-9(2)15-10)17(11-4-5-11)7-6-12(14)18/h8,11H,3-7H2,1-2H3,(H2,14,18). The molecule has 0 amide bonds. The Bertz CT molecular complexity index is 443. The van der Waals surface area contributed by atoms with Crippen molar-refractivity contribution < 1.29 is 0 Å². The van der Waals surface area contributed by atoms with Gasteiger partial charge in [0.25, 0.3) is 0 Å². The van der Waals surface area contributed by atoms with E-state index in [0.29, 0.717) is 11.0 Å². The SMILES string of the molecule is CCc1cc(N(CCC(N)=S)C2CC2)nc(C)n1. The Balaban J connectivity index is 2.18. The normalized spacial score (nSPS) is 14.6. The molecule has 0 aromatic carbocycles. The molecule has 98 valence electrons. The highest BCUT2D eigenvalue weighted by molar-refractivity contribution is 7.80. The van der Waals surface area contributed by atoms with Crippen LogP contribution in [0.15, 0.2) is 6.07 Å². The van der Waals surface area contributed by atoms with Gasteiger partial charge >= 0.3 is 0 Å². The summed E-state index contributed by atoms with van der Waals surface area (Å²) in [6.45, 7) is 4.92. The Morgan fingerprint density at radius 3 is 2.78 bits per heavy atom. The van der Waals surface area contributed by atoms with E-state index in [-0.39, 0.29) is 0 Å². The quantitative estimate of drug-likeness (QED) is 0.796. The van der Waals surface area contributed by atoms with Gasteiger partial charge in [-0.05, 0) is 26.2 Å². The lowest BCUT2D eigenvalue weighted by Gasteiger charge is -2.24. The summed E-state index contributed by atoms with van der Waals surface area (Å²) < 4.78 is 0. The zero-order valence-electron chi connectivity index (χ0n) is 11.0. The zero-order chi connectivity index (χ0) is 13.1. The average molecular weight is 264 g/mol. The summed E-state index contributed by atoms with van der Waals surface area (Å²) in [4.78, 5) is 11.9. The van der Waals surface area contributed by atoms with E-state index in [1.807, 2.05) is 6.92 Å². The lowest BCUT2D eigenvalue weighted by Crippen LogP contribution is -2.30. The smallest absolute Gasteiger partial charge is 0.132 e. The van der Waals surface area contributed by atoms with E-state index in [9.17, 15) is 0 Å². The van der Waals surface area contributed by atoms with E-state index in [1.165, 1.54) is 12.8 Å². The van der Waals surface area contributed by atoms with Gasteiger partial charge in [-0.3, -0.25) is 0 Å². The van der Waals surface area contributed by atoms with Gasteiger partial charge in [0, 0.05) is 30.8 Å². The van der Waals surface area contributed by atoms with Crippen LogP contribution in [-0.2, 0) is 6.42 Å². The number of hydrogen-bond acceptors (Lipinski definition) is 4. The Hall–Kier alpha value is -1.23. The van der Waals surface area contributed by atoms with Gasteiger partial charge in [0.2, 0.25) is 0 Å². The summed E-state index contributed by atoms with van der Waals surface area (Å²) in [6, 6.07) is 2.70. The van der Waals surface area contributed by atoms with E-state index in [0.717, 1.165) is 36.7 Å². The lowest BCUT2D eigenvalue weighted by molar-refractivity contribution is 0.773.